The average molecular weight is 372 g/mol. The average Bonchev–Trinajstić information content (AvgIpc) is 2.87. The number of phenolic OH excluding ortho intramolecular Hbond substituents is 1. The van der Waals surface area contributed by atoms with E-state index in [0.29, 0.717) is 15.0 Å². The van der Waals surface area contributed by atoms with Gasteiger partial charge < -0.3 is 14.9 Å². The number of aromatic carboxylic acids is 1. The maximum absolute atomic E-state index is 11.5. The summed E-state index contributed by atoms with van der Waals surface area (Å²) in [6.07, 6.45) is 0. The number of methoxy groups -OCH3 is 1. The van der Waals surface area contributed by atoms with E-state index < -0.39 is 5.97 Å². The van der Waals surface area contributed by atoms with E-state index in [9.17, 15) is 14.7 Å². The van der Waals surface area contributed by atoms with Crippen LogP contribution in [0, 0.1) is 0 Å². The zero-order chi connectivity index (χ0) is 15.7. The summed E-state index contributed by atoms with van der Waals surface area (Å²) >= 11 is 4.17. The standard InChI is InChI=1S/C13H10BrNO5S/c1-5(16)11-9(13(18)19)15-12(21-11)6-3-7(14)10(17)8(4-6)20-2/h3-4,17H,1-2H3,(H,18,19). The van der Waals surface area contributed by atoms with Crippen LogP contribution in [0.15, 0.2) is 16.6 Å². The van der Waals surface area contributed by atoms with E-state index in [1.54, 1.807) is 6.07 Å². The van der Waals surface area contributed by atoms with Crippen molar-refractivity contribution in [2.45, 2.75) is 6.92 Å². The molecule has 1 aromatic heterocycles. The van der Waals surface area contributed by atoms with E-state index in [1.165, 1.54) is 20.1 Å². The molecule has 2 aromatic rings. The van der Waals surface area contributed by atoms with Crippen molar-refractivity contribution in [1.29, 1.82) is 0 Å². The Morgan fingerprint density at radius 3 is 2.52 bits per heavy atom. The second-order valence-corrected chi connectivity index (χ2v) is 5.92. The Balaban J connectivity index is 2.62. The molecule has 1 aromatic carbocycles. The van der Waals surface area contributed by atoms with Gasteiger partial charge >= 0.3 is 5.97 Å². The van der Waals surface area contributed by atoms with E-state index in [-0.39, 0.29) is 27.9 Å². The summed E-state index contributed by atoms with van der Waals surface area (Å²) in [4.78, 5) is 26.7. The number of benzene rings is 1. The van der Waals surface area contributed by atoms with Gasteiger partial charge in [0, 0.05) is 12.5 Å². The number of halogens is 1. The lowest BCUT2D eigenvalue weighted by molar-refractivity contribution is 0.0687. The molecule has 0 unspecified atom stereocenters. The third-order valence-electron chi connectivity index (χ3n) is 2.64. The minimum absolute atomic E-state index is 0.0666. The molecule has 8 heteroatoms. The Morgan fingerprint density at radius 1 is 1.38 bits per heavy atom. The molecular formula is C13H10BrNO5S. The van der Waals surface area contributed by atoms with E-state index in [0.717, 1.165) is 11.3 Å². The molecule has 0 amide bonds. The summed E-state index contributed by atoms with van der Waals surface area (Å²) in [7, 11) is 1.40. The number of ether oxygens (including phenoxy) is 1. The molecule has 0 spiro atoms. The second kappa shape index (κ2) is 5.82. The highest BCUT2D eigenvalue weighted by Crippen LogP contribution is 2.40. The van der Waals surface area contributed by atoms with Crippen molar-refractivity contribution in [2.24, 2.45) is 0 Å². The lowest BCUT2D eigenvalue weighted by atomic mass is 10.2. The van der Waals surface area contributed by atoms with E-state index in [4.69, 9.17) is 9.84 Å². The molecule has 0 fully saturated rings. The summed E-state index contributed by atoms with van der Waals surface area (Å²) in [6.45, 7) is 1.29. The fourth-order valence-corrected chi connectivity index (χ4v) is 3.06. The van der Waals surface area contributed by atoms with Crippen LogP contribution in [0.1, 0.15) is 27.1 Å². The topological polar surface area (TPSA) is 96.7 Å². The van der Waals surface area contributed by atoms with Crippen LogP contribution in [0.25, 0.3) is 10.6 Å². The minimum Gasteiger partial charge on any atom is -0.503 e. The SMILES string of the molecule is COc1cc(-c2nc(C(=O)O)c(C(C)=O)s2)cc(Br)c1O. The number of carboxylic acids is 1. The molecule has 6 nitrogen and oxygen atoms in total. The number of carbonyl (C=O) groups excluding carboxylic acids is 1. The van der Waals surface area contributed by atoms with Gasteiger partial charge in [0.05, 0.1) is 11.6 Å². The Bertz CT molecular complexity index is 709. The largest absolute Gasteiger partial charge is 0.503 e. The van der Waals surface area contributed by atoms with Crippen molar-refractivity contribution in [1.82, 2.24) is 4.98 Å². The molecule has 1 heterocycles. The van der Waals surface area contributed by atoms with Gasteiger partial charge in [-0.05, 0) is 28.1 Å². The Labute approximate surface area is 132 Å². The van der Waals surface area contributed by atoms with Crippen molar-refractivity contribution >= 4 is 39.0 Å². The quantitative estimate of drug-likeness (QED) is 0.801. The molecule has 21 heavy (non-hydrogen) atoms. The highest BCUT2D eigenvalue weighted by Gasteiger charge is 2.22. The molecule has 0 aliphatic rings. The molecule has 0 saturated heterocycles. The first-order valence-electron chi connectivity index (χ1n) is 5.67. The first kappa shape index (κ1) is 15.5. The molecular weight excluding hydrogens is 362 g/mol. The molecule has 0 aliphatic carbocycles. The number of hydrogen-bond acceptors (Lipinski definition) is 6. The molecule has 2 rings (SSSR count). The Morgan fingerprint density at radius 2 is 2.05 bits per heavy atom. The van der Waals surface area contributed by atoms with Crippen molar-refractivity contribution in [2.75, 3.05) is 7.11 Å². The van der Waals surface area contributed by atoms with Gasteiger partial charge in [-0.3, -0.25) is 4.79 Å². The van der Waals surface area contributed by atoms with Gasteiger partial charge in [0.15, 0.2) is 23.0 Å². The number of aromatic hydroxyl groups is 1. The first-order chi connectivity index (χ1) is 9.85. The summed E-state index contributed by atoms with van der Waals surface area (Å²) in [5.41, 5.74) is 0.266. The van der Waals surface area contributed by atoms with Crippen LogP contribution in [-0.2, 0) is 0 Å². The highest BCUT2D eigenvalue weighted by molar-refractivity contribution is 9.10. The lowest BCUT2D eigenvalue weighted by Gasteiger charge is -2.07. The maximum atomic E-state index is 11.5. The number of rotatable bonds is 4. The van der Waals surface area contributed by atoms with Crippen molar-refractivity contribution in [3.05, 3.63) is 27.2 Å². The van der Waals surface area contributed by atoms with Crippen LogP contribution < -0.4 is 4.74 Å². The lowest BCUT2D eigenvalue weighted by Crippen LogP contribution is -2.03. The monoisotopic (exact) mass is 371 g/mol. The molecule has 0 saturated carbocycles. The number of nitrogens with zero attached hydrogens (tertiary/aromatic N) is 1. The van der Waals surface area contributed by atoms with Gasteiger partial charge in [-0.2, -0.15) is 0 Å². The smallest absolute Gasteiger partial charge is 0.356 e. The normalized spacial score (nSPS) is 10.4. The van der Waals surface area contributed by atoms with Gasteiger partial charge in [0.1, 0.15) is 9.88 Å². The number of thiazole rings is 1. The Hall–Kier alpha value is -1.93. The number of ketones is 1. The van der Waals surface area contributed by atoms with Crippen LogP contribution in [0.4, 0.5) is 0 Å². The molecule has 0 atom stereocenters. The second-order valence-electron chi connectivity index (χ2n) is 4.07. The molecule has 110 valence electrons. The number of hydrogen-bond donors (Lipinski definition) is 2. The minimum atomic E-state index is -1.26. The molecule has 2 N–H and O–H groups in total. The van der Waals surface area contributed by atoms with Crippen LogP contribution >= 0.6 is 27.3 Å². The zero-order valence-electron chi connectivity index (χ0n) is 11.0. The molecule has 0 bridgehead atoms. The third-order valence-corrected chi connectivity index (χ3v) is 4.45. The predicted octanol–water partition coefficient (Wildman–Crippen LogP) is 3.19. The molecule has 0 aliphatic heterocycles. The van der Waals surface area contributed by atoms with Gasteiger partial charge in [-0.25, -0.2) is 9.78 Å². The fraction of sp³-hybridized carbons (Fsp3) is 0.154. The summed E-state index contributed by atoms with van der Waals surface area (Å²) < 4.78 is 5.42. The van der Waals surface area contributed by atoms with Gasteiger partial charge in [0.25, 0.3) is 0 Å². The predicted molar refractivity (Wildman–Crippen MR) is 80.4 cm³/mol. The van der Waals surface area contributed by atoms with Crippen LogP contribution in [-0.4, -0.2) is 34.1 Å². The first-order valence-corrected chi connectivity index (χ1v) is 7.28. The fourth-order valence-electron chi connectivity index (χ4n) is 1.68. The van der Waals surface area contributed by atoms with Crippen molar-refractivity contribution < 1.29 is 24.5 Å². The van der Waals surface area contributed by atoms with Gasteiger partial charge in [-0.1, -0.05) is 0 Å². The van der Waals surface area contributed by atoms with Gasteiger partial charge in [0.2, 0.25) is 0 Å². The van der Waals surface area contributed by atoms with Crippen LogP contribution in [0.3, 0.4) is 0 Å². The zero-order valence-corrected chi connectivity index (χ0v) is 13.4. The van der Waals surface area contributed by atoms with Crippen LogP contribution in [0.2, 0.25) is 0 Å². The number of aromatic nitrogens is 1. The van der Waals surface area contributed by atoms with Crippen LogP contribution in [0.5, 0.6) is 11.5 Å². The van der Waals surface area contributed by atoms with E-state index in [2.05, 4.69) is 20.9 Å². The summed E-state index contributed by atoms with van der Waals surface area (Å²) in [5, 5.41) is 19.2. The molecule has 0 radical (unpaired) electrons. The number of Topliss-reactive ketones (excluding diaryl/α,β-unsaturated/α-hetero) is 1. The van der Waals surface area contributed by atoms with Crippen molar-refractivity contribution in [3.8, 4) is 22.1 Å². The Kier molecular flexibility index (Phi) is 4.29. The number of carboxylic acid groups (broad SMARTS) is 1. The van der Waals surface area contributed by atoms with Gasteiger partial charge in [-0.15, -0.1) is 11.3 Å². The summed E-state index contributed by atoms with van der Waals surface area (Å²) in [5.74, 6) is -1.47. The van der Waals surface area contributed by atoms with E-state index in [1.807, 2.05) is 0 Å². The number of phenols is 1. The number of carbonyl (C=O) groups is 2. The maximum Gasteiger partial charge on any atom is 0.356 e. The van der Waals surface area contributed by atoms with E-state index >= 15 is 0 Å². The summed E-state index contributed by atoms with van der Waals surface area (Å²) in [6, 6.07) is 3.10. The third kappa shape index (κ3) is 2.91. The van der Waals surface area contributed by atoms with Crippen molar-refractivity contribution in [3.63, 3.8) is 0 Å². The highest BCUT2D eigenvalue weighted by atomic mass is 79.9.